The Morgan fingerprint density at radius 3 is 2.50 bits per heavy atom. The molecule has 0 amide bonds. The first-order valence-electron chi connectivity index (χ1n) is 5.78. The monoisotopic (exact) mass is 217 g/mol. The van der Waals surface area contributed by atoms with Crippen molar-refractivity contribution < 1.29 is 4.74 Å². The van der Waals surface area contributed by atoms with Crippen LogP contribution in [-0.2, 0) is 0 Å². The van der Waals surface area contributed by atoms with Gasteiger partial charge in [0.25, 0.3) is 5.88 Å². The standard InChI is InChI=1S/C12H15N3O/c13-9-11-12(15-8-7-14-11)16-10-5-3-1-2-4-6-10/h7-8,10H,1-6H2. The van der Waals surface area contributed by atoms with Crippen LogP contribution in [0.2, 0.25) is 0 Å². The van der Waals surface area contributed by atoms with Crippen LogP contribution in [0.3, 0.4) is 0 Å². The fraction of sp³-hybridized carbons (Fsp3) is 0.583. The first-order valence-corrected chi connectivity index (χ1v) is 5.78. The van der Waals surface area contributed by atoms with Gasteiger partial charge in [0.15, 0.2) is 0 Å². The topological polar surface area (TPSA) is 58.8 Å². The molecule has 1 aliphatic rings. The van der Waals surface area contributed by atoms with Crippen molar-refractivity contribution in [2.24, 2.45) is 0 Å². The molecule has 4 heteroatoms. The van der Waals surface area contributed by atoms with Gasteiger partial charge >= 0.3 is 0 Å². The molecule has 0 saturated heterocycles. The van der Waals surface area contributed by atoms with E-state index in [0.717, 1.165) is 12.8 Å². The molecule has 0 spiro atoms. The molecule has 0 unspecified atom stereocenters. The summed E-state index contributed by atoms with van der Waals surface area (Å²) in [6.07, 6.45) is 10.4. The molecule has 0 bridgehead atoms. The van der Waals surface area contributed by atoms with E-state index in [1.54, 1.807) is 6.20 Å². The summed E-state index contributed by atoms with van der Waals surface area (Å²) in [6, 6.07) is 2.00. The summed E-state index contributed by atoms with van der Waals surface area (Å²) in [5.41, 5.74) is 0.284. The smallest absolute Gasteiger partial charge is 0.251 e. The highest BCUT2D eigenvalue weighted by Gasteiger charge is 2.16. The maximum atomic E-state index is 8.87. The van der Waals surface area contributed by atoms with Crippen molar-refractivity contribution >= 4 is 0 Å². The molecule has 0 atom stereocenters. The molecule has 1 aliphatic carbocycles. The van der Waals surface area contributed by atoms with Crippen LogP contribution in [0, 0.1) is 11.3 Å². The summed E-state index contributed by atoms with van der Waals surface area (Å²) in [4.78, 5) is 8.00. The lowest BCUT2D eigenvalue weighted by Crippen LogP contribution is -2.16. The largest absolute Gasteiger partial charge is 0.472 e. The predicted molar refractivity (Wildman–Crippen MR) is 58.9 cm³/mol. The lowest BCUT2D eigenvalue weighted by molar-refractivity contribution is 0.175. The summed E-state index contributed by atoms with van der Waals surface area (Å²) >= 11 is 0. The van der Waals surface area contributed by atoms with Gasteiger partial charge in [-0.05, 0) is 25.7 Å². The summed E-state index contributed by atoms with van der Waals surface area (Å²) in [5.74, 6) is 0.386. The van der Waals surface area contributed by atoms with E-state index in [1.165, 1.54) is 31.9 Å². The lowest BCUT2D eigenvalue weighted by atomic mass is 10.1. The maximum absolute atomic E-state index is 8.87. The molecule has 4 nitrogen and oxygen atoms in total. The third-order valence-electron chi connectivity index (χ3n) is 2.85. The highest BCUT2D eigenvalue weighted by atomic mass is 16.5. The van der Waals surface area contributed by atoms with Crippen molar-refractivity contribution in [3.05, 3.63) is 18.1 Å². The van der Waals surface area contributed by atoms with E-state index in [-0.39, 0.29) is 11.8 Å². The van der Waals surface area contributed by atoms with Crippen LogP contribution < -0.4 is 4.74 Å². The fourth-order valence-corrected chi connectivity index (χ4v) is 2.01. The summed E-state index contributed by atoms with van der Waals surface area (Å²) in [5, 5.41) is 8.87. The van der Waals surface area contributed by atoms with E-state index in [4.69, 9.17) is 10.00 Å². The molecular weight excluding hydrogens is 202 g/mol. The average Bonchev–Trinajstić information content (AvgIpc) is 2.58. The second-order valence-electron chi connectivity index (χ2n) is 4.05. The van der Waals surface area contributed by atoms with Gasteiger partial charge in [-0.2, -0.15) is 5.26 Å². The first-order chi connectivity index (χ1) is 7.90. The zero-order valence-electron chi connectivity index (χ0n) is 9.22. The van der Waals surface area contributed by atoms with Gasteiger partial charge in [-0.25, -0.2) is 9.97 Å². The summed E-state index contributed by atoms with van der Waals surface area (Å²) in [6.45, 7) is 0. The fourth-order valence-electron chi connectivity index (χ4n) is 2.01. The molecule has 1 heterocycles. The van der Waals surface area contributed by atoms with Crippen molar-refractivity contribution in [1.82, 2.24) is 9.97 Å². The Bertz CT molecular complexity index is 378. The Morgan fingerprint density at radius 2 is 1.81 bits per heavy atom. The molecule has 84 valence electrons. The number of ether oxygens (including phenoxy) is 1. The summed E-state index contributed by atoms with van der Waals surface area (Å²) in [7, 11) is 0. The SMILES string of the molecule is N#Cc1nccnc1OC1CCCCCC1. The third kappa shape index (κ3) is 2.69. The quantitative estimate of drug-likeness (QED) is 0.714. The Kier molecular flexibility index (Phi) is 3.71. The first kappa shape index (κ1) is 10.9. The van der Waals surface area contributed by atoms with Gasteiger partial charge in [-0.1, -0.05) is 12.8 Å². The van der Waals surface area contributed by atoms with Crippen LogP contribution in [0.5, 0.6) is 5.88 Å². The second kappa shape index (κ2) is 5.45. The molecule has 1 aromatic rings. The highest BCUT2D eigenvalue weighted by Crippen LogP contribution is 2.22. The van der Waals surface area contributed by atoms with E-state index >= 15 is 0 Å². The highest BCUT2D eigenvalue weighted by molar-refractivity contribution is 5.30. The lowest BCUT2D eigenvalue weighted by Gasteiger charge is -2.15. The normalized spacial score (nSPS) is 17.4. The molecule has 0 N–H and O–H groups in total. The molecule has 1 fully saturated rings. The van der Waals surface area contributed by atoms with E-state index in [1.807, 2.05) is 6.07 Å². The van der Waals surface area contributed by atoms with Crippen LogP contribution >= 0.6 is 0 Å². The molecule has 0 radical (unpaired) electrons. The molecule has 1 aromatic heterocycles. The van der Waals surface area contributed by atoms with Gasteiger partial charge in [-0.15, -0.1) is 0 Å². The Hall–Kier alpha value is -1.63. The predicted octanol–water partition coefficient (Wildman–Crippen LogP) is 2.45. The van der Waals surface area contributed by atoms with Gasteiger partial charge < -0.3 is 4.74 Å². The molecule has 0 aliphatic heterocycles. The third-order valence-corrected chi connectivity index (χ3v) is 2.85. The van der Waals surface area contributed by atoms with E-state index in [2.05, 4.69) is 9.97 Å². The van der Waals surface area contributed by atoms with E-state index in [0.29, 0.717) is 5.88 Å². The Balaban J connectivity index is 2.05. The number of hydrogen-bond donors (Lipinski definition) is 0. The van der Waals surface area contributed by atoms with Gasteiger partial charge in [0, 0.05) is 12.4 Å². The van der Waals surface area contributed by atoms with Crippen LogP contribution in [0.15, 0.2) is 12.4 Å². The minimum absolute atomic E-state index is 0.200. The van der Waals surface area contributed by atoms with Gasteiger partial charge in [0.05, 0.1) is 0 Å². The van der Waals surface area contributed by atoms with Gasteiger partial charge in [0.2, 0.25) is 5.69 Å². The molecule has 2 rings (SSSR count). The Labute approximate surface area is 95.3 Å². The number of rotatable bonds is 2. The minimum atomic E-state index is 0.200. The van der Waals surface area contributed by atoms with Crippen molar-refractivity contribution in [3.63, 3.8) is 0 Å². The van der Waals surface area contributed by atoms with Crippen LogP contribution in [0.4, 0.5) is 0 Å². The second-order valence-corrected chi connectivity index (χ2v) is 4.05. The molecule has 1 saturated carbocycles. The minimum Gasteiger partial charge on any atom is -0.472 e. The molecule has 0 aromatic carbocycles. The number of aromatic nitrogens is 2. The summed E-state index contributed by atoms with van der Waals surface area (Å²) < 4.78 is 5.76. The maximum Gasteiger partial charge on any atom is 0.251 e. The van der Waals surface area contributed by atoms with Gasteiger partial charge in [0.1, 0.15) is 12.2 Å². The van der Waals surface area contributed by atoms with E-state index in [9.17, 15) is 0 Å². The van der Waals surface area contributed by atoms with Gasteiger partial charge in [-0.3, -0.25) is 0 Å². The van der Waals surface area contributed by atoms with E-state index < -0.39 is 0 Å². The molecule has 16 heavy (non-hydrogen) atoms. The zero-order chi connectivity index (χ0) is 11.2. The van der Waals surface area contributed by atoms with Crippen molar-refractivity contribution in [3.8, 4) is 11.9 Å². The van der Waals surface area contributed by atoms with Crippen molar-refractivity contribution in [2.45, 2.75) is 44.6 Å². The molecular formula is C12H15N3O. The van der Waals surface area contributed by atoms with Crippen LogP contribution in [0.1, 0.15) is 44.2 Å². The van der Waals surface area contributed by atoms with Crippen molar-refractivity contribution in [2.75, 3.05) is 0 Å². The van der Waals surface area contributed by atoms with Crippen LogP contribution in [0.25, 0.3) is 0 Å². The number of hydrogen-bond acceptors (Lipinski definition) is 4. The Morgan fingerprint density at radius 1 is 1.12 bits per heavy atom. The average molecular weight is 217 g/mol. The number of nitrogens with zero attached hydrogens (tertiary/aromatic N) is 3. The number of nitriles is 1. The van der Waals surface area contributed by atoms with Crippen molar-refractivity contribution in [1.29, 1.82) is 5.26 Å². The zero-order valence-corrected chi connectivity index (χ0v) is 9.22. The van der Waals surface area contributed by atoms with Crippen LogP contribution in [-0.4, -0.2) is 16.1 Å².